The third-order valence-corrected chi connectivity index (χ3v) is 3.77. The molecule has 0 aromatic carbocycles. The average molecular weight is 449 g/mol. The number of ether oxygens (including phenoxy) is 2. The molecule has 0 rings (SSSR count). The number of unbranched alkanes of at least 4 members (excludes halogenated alkanes) is 4. The van der Waals surface area contributed by atoms with Gasteiger partial charge in [-0.3, -0.25) is 9.59 Å². The molecule has 0 saturated heterocycles. The molecule has 0 aromatic heterocycles. The SMILES string of the molecule is CCCCCOC(=O)[C@@H](N)CS.CCCCCOC(=O)[C@@H](N)CS.SS. The molecule has 0 bridgehead atoms. The van der Waals surface area contributed by atoms with Gasteiger partial charge in [0.15, 0.2) is 0 Å². The maximum atomic E-state index is 10.9. The summed E-state index contributed by atoms with van der Waals surface area (Å²) in [4.78, 5) is 21.9. The van der Waals surface area contributed by atoms with E-state index in [4.69, 9.17) is 20.9 Å². The van der Waals surface area contributed by atoms with E-state index in [-0.39, 0.29) is 11.9 Å². The second kappa shape index (κ2) is 25.3. The van der Waals surface area contributed by atoms with Gasteiger partial charge in [-0.15, -0.1) is 23.3 Å². The highest BCUT2D eigenvalue weighted by molar-refractivity contribution is 8.59. The van der Waals surface area contributed by atoms with Crippen molar-refractivity contribution >= 4 is 60.5 Å². The fraction of sp³-hybridized carbons (Fsp3) is 0.875. The third kappa shape index (κ3) is 22.3. The van der Waals surface area contributed by atoms with Crippen molar-refractivity contribution in [2.24, 2.45) is 11.5 Å². The van der Waals surface area contributed by atoms with Crippen LogP contribution in [0.25, 0.3) is 0 Å². The molecule has 158 valence electrons. The summed E-state index contributed by atoms with van der Waals surface area (Å²) in [5.74, 6) is -0.0126. The number of esters is 2. The summed E-state index contributed by atoms with van der Waals surface area (Å²) >= 11 is 14.2. The number of rotatable bonds is 12. The van der Waals surface area contributed by atoms with Crippen LogP contribution in [0.5, 0.6) is 0 Å². The molecule has 0 radical (unpaired) electrons. The van der Waals surface area contributed by atoms with Crippen LogP contribution in [0.3, 0.4) is 0 Å². The van der Waals surface area contributed by atoms with Crippen LogP contribution in [0.4, 0.5) is 0 Å². The van der Waals surface area contributed by atoms with Crippen LogP contribution < -0.4 is 11.5 Å². The summed E-state index contributed by atoms with van der Waals surface area (Å²) in [5.41, 5.74) is 10.8. The van der Waals surface area contributed by atoms with Crippen LogP contribution in [0.2, 0.25) is 0 Å². The summed E-state index contributed by atoms with van der Waals surface area (Å²) in [7, 11) is 0. The number of nitrogens with two attached hydrogens (primary N) is 2. The van der Waals surface area contributed by atoms with E-state index in [0.717, 1.165) is 38.5 Å². The molecule has 0 fully saturated rings. The second-order valence-electron chi connectivity index (χ2n) is 5.33. The zero-order chi connectivity index (χ0) is 20.8. The monoisotopic (exact) mass is 448 g/mol. The molecule has 0 saturated carbocycles. The van der Waals surface area contributed by atoms with Crippen molar-refractivity contribution in [3.05, 3.63) is 0 Å². The van der Waals surface area contributed by atoms with Crippen LogP contribution in [0, 0.1) is 0 Å². The number of carbonyl (C=O) groups excluding carboxylic acids is 2. The zero-order valence-electron chi connectivity index (χ0n) is 15.8. The molecule has 0 heterocycles. The Morgan fingerprint density at radius 2 is 1.08 bits per heavy atom. The highest BCUT2D eigenvalue weighted by Crippen LogP contribution is 1.97. The Hall–Kier alpha value is 0.260. The predicted molar refractivity (Wildman–Crippen MR) is 123 cm³/mol. The van der Waals surface area contributed by atoms with Crippen molar-refractivity contribution in [1.29, 1.82) is 0 Å². The third-order valence-electron chi connectivity index (χ3n) is 2.98. The summed E-state index contributed by atoms with van der Waals surface area (Å²) in [5, 5.41) is 0. The molecular weight excluding hydrogens is 412 g/mol. The highest BCUT2D eigenvalue weighted by Gasteiger charge is 2.12. The molecule has 0 aromatic rings. The quantitative estimate of drug-likeness (QED) is 0.119. The lowest BCUT2D eigenvalue weighted by atomic mass is 10.3. The Balaban J connectivity index is -0.000000371. The minimum Gasteiger partial charge on any atom is -0.465 e. The van der Waals surface area contributed by atoms with Crippen LogP contribution in [0.15, 0.2) is 0 Å². The van der Waals surface area contributed by atoms with Crippen molar-refractivity contribution in [2.75, 3.05) is 24.7 Å². The van der Waals surface area contributed by atoms with E-state index in [9.17, 15) is 9.59 Å². The van der Waals surface area contributed by atoms with Crippen molar-refractivity contribution < 1.29 is 19.1 Å². The second-order valence-corrected chi connectivity index (χ2v) is 6.06. The van der Waals surface area contributed by atoms with Gasteiger partial charge in [0.05, 0.1) is 13.2 Å². The minimum atomic E-state index is -0.574. The molecule has 0 aliphatic rings. The fourth-order valence-electron chi connectivity index (χ4n) is 1.41. The topological polar surface area (TPSA) is 105 Å². The highest BCUT2D eigenvalue weighted by atomic mass is 33.1. The molecular formula is C16H36N2O4S4. The van der Waals surface area contributed by atoms with Crippen LogP contribution in [-0.2, 0) is 19.1 Å². The standard InChI is InChI=1S/2C8H17NO2S.H2S2/c2*1-2-3-4-5-11-8(10)7(9)6-12;1-2/h2*7,12H,2-6,9H2,1H3;1-2H/t2*7-;/m00./s1. The van der Waals surface area contributed by atoms with Gasteiger partial charge in [0, 0.05) is 11.5 Å². The average Bonchev–Trinajstić information content (AvgIpc) is 2.68. The Labute approximate surface area is 179 Å². The first-order valence-corrected chi connectivity index (χ1v) is 11.6. The lowest BCUT2D eigenvalue weighted by molar-refractivity contribution is -0.145. The molecule has 6 nitrogen and oxygen atoms in total. The fourth-order valence-corrected chi connectivity index (χ4v) is 1.71. The number of carbonyl (C=O) groups is 2. The van der Waals surface area contributed by atoms with Gasteiger partial charge in [-0.05, 0) is 12.8 Å². The lowest BCUT2D eigenvalue weighted by Gasteiger charge is -2.07. The van der Waals surface area contributed by atoms with Crippen LogP contribution >= 0.6 is 48.6 Å². The summed E-state index contributed by atoms with van der Waals surface area (Å²) in [6.07, 6.45) is 6.25. The van der Waals surface area contributed by atoms with Crippen molar-refractivity contribution in [3.63, 3.8) is 0 Å². The number of thiol groups is 4. The molecule has 0 spiro atoms. The summed E-state index contributed by atoms with van der Waals surface area (Å²) in [6, 6.07) is -1.15. The van der Waals surface area contributed by atoms with E-state index < -0.39 is 12.1 Å². The zero-order valence-corrected chi connectivity index (χ0v) is 19.4. The first kappa shape index (κ1) is 31.0. The van der Waals surface area contributed by atoms with Gasteiger partial charge in [0.25, 0.3) is 0 Å². The summed E-state index contributed by atoms with van der Waals surface area (Å²) in [6.45, 7) is 5.16. The Bertz CT molecular complexity index is 297. The largest absolute Gasteiger partial charge is 0.465 e. The predicted octanol–water partition coefficient (Wildman–Crippen LogP) is 2.71. The van der Waals surface area contributed by atoms with E-state index in [1.165, 1.54) is 0 Å². The Morgan fingerprint density at radius 1 is 0.769 bits per heavy atom. The van der Waals surface area contributed by atoms with Crippen molar-refractivity contribution in [3.8, 4) is 0 Å². The van der Waals surface area contributed by atoms with Crippen LogP contribution in [-0.4, -0.2) is 48.7 Å². The van der Waals surface area contributed by atoms with E-state index in [1.54, 1.807) is 0 Å². The molecule has 0 aliphatic heterocycles. The van der Waals surface area contributed by atoms with Crippen molar-refractivity contribution in [2.45, 2.75) is 64.5 Å². The minimum absolute atomic E-state index is 0.340. The Morgan fingerprint density at radius 3 is 1.31 bits per heavy atom. The Kier molecular flexibility index (Phi) is 30.1. The molecule has 2 atom stereocenters. The van der Waals surface area contributed by atoms with Gasteiger partial charge in [-0.25, -0.2) is 0 Å². The number of hydrogen-bond acceptors (Lipinski definition) is 10. The first-order valence-electron chi connectivity index (χ1n) is 8.70. The number of hydrogen-bond donors (Lipinski definition) is 6. The maximum absolute atomic E-state index is 10.9. The summed E-state index contributed by atoms with van der Waals surface area (Å²) < 4.78 is 9.77. The molecule has 4 N–H and O–H groups in total. The van der Waals surface area contributed by atoms with Gasteiger partial charge in [-0.2, -0.15) is 25.3 Å². The van der Waals surface area contributed by atoms with E-state index in [1.807, 2.05) is 0 Å². The van der Waals surface area contributed by atoms with E-state index in [2.05, 4.69) is 62.4 Å². The lowest BCUT2D eigenvalue weighted by Crippen LogP contribution is -2.34. The molecule has 0 aliphatic carbocycles. The molecule has 0 unspecified atom stereocenters. The smallest absolute Gasteiger partial charge is 0.323 e. The molecule has 10 heteroatoms. The first-order chi connectivity index (χ1) is 12.4. The van der Waals surface area contributed by atoms with Gasteiger partial charge < -0.3 is 20.9 Å². The molecule has 26 heavy (non-hydrogen) atoms. The van der Waals surface area contributed by atoms with E-state index >= 15 is 0 Å². The van der Waals surface area contributed by atoms with Gasteiger partial charge >= 0.3 is 11.9 Å². The normalized spacial score (nSPS) is 11.8. The van der Waals surface area contributed by atoms with E-state index in [0.29, 0.717) is 24.7 Å². The van der Waals surface area contributed by atoms with Gasteiger partial charge in [0.2, 0.25) is 0 Å². The van der Waals surface area contributed by atoms with Gasteiger partial charge in [-0.1, -0.05) is 39.5 Å². The molecule has 0 amide bonds. The maximum Gasteiger partial charge on any atom is 0.323 e. The van der Waals surface area contributed by atoms with Crippen molar-refractivity contribution in [1.82, 2.24) is 0 Å². The van der Waals surface area contributed by atoms with Gasteiger partial charge in [0.1, 0.15) is 12.1 Å². The van der Waals surface area contributed by atoms with Crippen LogP contribution in [0.1, 0.15) is 52.4 Å².